The van der Waals surface area contributed by atoms with Crippen LogP contribution < -0.4 is 10.0 Å². The summed E-state index contributed by atoms with van der Waals surface area (Å²) >= 11 is 1.01. The van der Waals surface area contributed by atoms with Gasteiger partial charge in [0.1, 0.15) is 5.56 Å². The van der Waals surface area contributed by atoms with Gasteiger partial charge in [0.25, 0.3) is 0 Å². The third kappa shape index (κ3) is 7.26. The summed E-state index contributed by atoms with van der Waals surface area (Å²) in [6.45, 7) is 5.33. The molecule has 2 aromatic rings. The Morgan fingerprint density at radius 2 is 1.93 bits per heavy atom. The van der Waals surface area contributed by atoms with Gasteiger partial charge in [0, 0.05) is 24.7 Å². The van der Waals surface area contributed by atoms with E-state index in [-0.39, 0.29) is 12.6 Å². The number of carbonyl (C=O) groups is 2. The van der Waals surface area contributed by atoms with Gasteiger partial charge in [-0.2, -0.15) is 5.10 Å². The Morgan fingerprint density at radius 1 is 1.14 bits per heavy atom. The number of amides is 2. The number of ether oxygens (including phenoxy) is 1. The van der Waals surface area contributed by atoms with Crippen LogP contribution in [0.4, 0.5) is 4.79 Å². The number of urea groups is 1. The SMILES string of the molecule is CCCCCCNC(=O)NSc1nn(Cc2ccccc2)cc1C(=O)OCC. The van der Waals surface area contributed by atoms with E-state index in [1.165, 1.54) is 6.42 Å². The molecule has 0 aliphatic carbocycles. The minimum Gasteiger partial charge on any atom is -0.462 e. The summed E-state index contributed by atoms with van der Waals surface area (Å²) in [6.07, 6.45) is 6.02. The van der Waals surface area contributed by atoms with Crippen molar-refractivity contribution in [2.24, 2.45) is 0 Å². The lowest BCUT2D eigenvalue weighted by Crippen LogP contribution is -2.32. The molecule has 0 atom stereocenters. The zero-order valence-corrected chi connectivity index (χ0v) is 17.3. The zero-order chi connectivity index (χ0) is 20.2. The smallest absolute Gasteiger partial charge is 0.342 e. The Bertz CT molecular complexity index is 749. The number of aromatic nitrogens is 2. The maximum Gasteiger partial charge on any atom is 0.342 e. The second-order valence-corrected chi connectivity index (χ2v) is 7.07. The molecule has 8 heteroatoms. The van der Waals surface area contributed by atoms with Gasteiger partial charge in [0.15, 0.2) is 5.03 Å². The molecule has 0 fully saturated rings. The van der Waals surface area contributed by atoms with Crippen LogP contribution >= 0.6 is 11.9 Å². The molecule has 0 aliphatic rings. The van der Waals surface area contributed by atoms with E-state index in [1.807, 2.05) is 30.3 Å². The van der Waals surface area contributed by atoms with Crippen molar-refractivity contribution in [3.63, 3.8) is 0 Å². The van der Waals surface area contributed by atoms with Gasteiger partial charge < -0.3 is 10.1 Å². The number of hydrogen-bond acceptors (Lipinski definition) is 5. The third-order valence-corrected chi connectivity index (χ3v) is 4.75. The van der Waals surface area contributed by atoms with E-state index >= 15 is 0 Å². The second kappa shape index (κ2) is 12.1. The summed E-state index contributed by atoms with van der Waals surface area (Å²) in [5, 5.41) is 7.66. The molecule has 0 unspecified atom stereocenters. The molecular formula is C20H28N4O3S. The van der Waals surface area contributed by atoms with Crippen molar-refractivity contribution in [2.75, 3.05) is 13.2 Å². The van der Waals surface area contributed by atoms with Crippen LogP contribution in [0.5, 0.6) is 0 Å². The van der Waals surface area contributed by atoms with E-state index in [1.54, 1.807) is 17.8 Å². The van der Waals surface area contributed by atoms with Crippen LogP contribution in [-0.4, -0.2) is 34.9 Å². The Balaban J connectivity index is 1.96. The summed E-state index contributed by atoms with van der Waals surface area (Å²) in [4.78, 5) is 24.2. The molecule has 152 valence electrons. The van der Waals surface area contributed by atoms with Crippen LogP contribution in [0.15, 0.2) is 41.6 Å². The molecule has 0 bridgehead atoms. The molecular weight excluding hydrogens is 376 g/mol. The van der Waals surface area contributed by atoms with E-state index in [0.717, 1.165) is 36.8 Å². The van der Waals surface area contributed by atoms with Crippen LogP contribution in [-0.2, 0) is 11.3 Å². The summed E-state index contributed by atoms with van der Waals surface area (Å²) in [5.41, 5.74) is 1.40. The van der Waals surface area contributed by atoms with Gasteiger partial charge in [-0.25, -0.2) is 9.59 Å². The van der Waals surface area contributed by atoms with Crippen LogP contribution in [0.2, 0.25) is 0 Å². The average molecular weight is 405 g/mol. The minimum absolute atomic E-state index is 0.276. The molecule has 1 aromatic heterocycles. The maximum atomic E-state index is 12.2. The molecule has 0 radical (unpaired) electrons. The topological polar surface area (TPSA) is 85.3 Å². The van der Waals surface area contributed by atoms with Crippen molar-refractivity contribution in [1.82, 2.24) is 19.8 Å². The fourth-order valence-electron chi connectivity index (χ4n) is 2.56. The molecule has 7 nitrogen and oxygen atoms in total. The van der Waals surface area contributed by atoms with Gasteiger partial charge in [-0.1, -0.05) is 56.5 Å². The highest BCUT2D eigenvalue weighted by Gasteiger charge is 2.19. The molecule has 0 spiro atoms. The first-order chi connectivity index (χ1) is 13.6. The highest BCUT2D eigenvalue weighted by atomic mass is 32.2. The van der Waals surface area contributed by atoms with E-state index in [0.29, 0.717) is 23.7 Å². The largest absolute Gasteiger partial charge is 0.462 e. The van der Waals surface area contributed by atoms with Gasteiger partial charge >= 0.3 is 12.0 Å². The molecule has 0 saturated heterocycles. The summed E-state index contributed by atoms with van der Waals surface area (Å²) in [5.74, 6) is -0.453. The van der Waals surface area contributed by atoms with Gasteiger partial charge in [-0.3, -0.25) is 9.40 Å². The lowest BCUT2D eigenvalue weighted by atomic mass is 10.2. The van der Waals surface area contributed by atoms with Crippen LogP contribution in [0, 0.1) is 0 Å². The molecule has 1 aromatic carbocycles. The van der Waals surface area contributed by atoms with Crippen LogP contribution in [0.1, 0.15) is 55.5 Å². The Kier molecular flexibility index (Phi) is 9.41. The predicted molar refractivity (Wildman–Crippen MR) is 110 cm³/mol. The molecule has 2 rings (SSSR count). The molecule has 28 heavy (non-hydrogen) atoms. The quantitative estimate of drug-likeness (QED) is 0.336. The van der Waals surface area contributed by atoms with Crippen LogP contribution in [0.3, 0.4) is 0 Å². The molecule has 0 saturated carbocycles. The minimum atomic E-state index is -0.453. The fourth-order valence-corrected chi connectivity index (χ4v) is 3.22. The monoisotopic (exact) mass is 404 g/mol. The maximum absolute atomic E-state index is 12.2. The van der Waals surface area contributed by atoms with Crippen molar-refractivity contribution < 1.29 is 14.3 Å². The molecule has 2 N–H and O–H groups in total. The third-order valence-electron chi connectivity index (χ3n) is 3.97. The lowest BCUT2D eigenvalue weighted by molar-refractivity contribution is 0.0522. The Labute approximate surface area is 170 Å². The lowest BCUT2D eigenvalue weighted by Gasteiger charge is -2.06. The van der Waals surface area contributed by atoms with Crippen LogP contribution in [0.25, 0.3) is 0 Å². The zero-order valence-electron chi connectivity index (χ0n) is 16.4. The van der Waals surface area contributed by atoms with Gasteiger partial charge in [0.05, 0.1) is 13.2 Å². The van der Waals surface area contributed by atoms with Gasteiger partial charge in [0.2, 0.25) is 0 Å². The first-order valence-electron chi connectivity index (χ1n) is 9.63. The first kappa shape index (κ1) is 21.8. The summed E-state index contributed by atoms with van der Waals surface area (Å²) < 4.78 is 9.47. The van der Waals surface area contributed by atoms with E-state index < -0.39 is 5.97 Å². The van der Waals surface area contributed by atoms with Crippen molar-refractivity contribution in [1.29, 1.82) is 0 Å². The standard InChI is InChI=1S/C20H28N4O3S/c1-3-5-6-10-13-21-20(26)23-28-18-17(19(25)27-4-2)15-24(22-18)14-16-11-8-7-9-12-16/h7-9,11-12,15H,3-6,10,13-14H2,1-2H3,(H2,21,23,26). The van der Waals surface area contributed by atoms with Gasteiger partial charge in [-0.15, -0.1) is 0 Å². The number of benzene rings is 1. The number of hydrogen-bond donors (Lipinski definition) is 2. The normalized spacial score (nSPS) is 10.5. The number of unbranched alkanes of at least 4 members (excludes halogenated alkanes) is 3. The fraction of sp³-hybridized carbons (Fsp3) is 0.450. The number of nitrogens with zero attached hydrogens (tertiary/aromatic N) is 2. The molecule has 2 amide bonds. The summed E-state index contributed by atoms with van der Waals surface area (Å²) in [7, 11) is 0. The summed E-state index contributed by atoms with van der Waals surface area (Å²) in [6, 6.07) is 9.53. The first-order valence-corrected chi connectivity index (χ1v) is 10.4. The van der Waals surface area contributed by atoms with E-state index in [4.69, 9.17) is 4.74 Å². The highest BCUT2D eigenvalue weighted by molar-refractivity contribution is 7.98. The second-order valence-electron chi connectivity index (χ2n) is 6.27. The van der Waals surface area contributed by atoms with E-state index in [2.05, 4.69) is 22.1 Å². The van der Waals surface area contributed by atoms with Crippen molar-refractivity contribution >= 4 is 23.9 Å². The van der Waals surface area contributed by atoms with Crippen molar-refractivity contribution in [3.8, 4) is 0 Å². The van der Waals surface area contributed by atoms with E-state index in [9.17, 15) is 9.59 Å². The Hall–Kier alpha value is -2.48. The predicted octanol–water partition coefficient (Wildman–Crippen LogP) is 3.99. The number of rotatable bonds is 11. The molecule has 0 aliphatic heterocycles. The number of nitrogens with one attached hydrogen (secondary N) is 2. The van der Waals surface area contributed by atoms with Gasteiger partial charge in [-0.05, 0) is 18.9 Å². The van der Waals surface area contributed by atoms with Crippen molar-refractivity contribution in [3.05, 3.63) is 47.7 Å². The number of esters is 1. The average Bonchev–Trinajstić information content (AvgIpc) is 3.10. The Morgan fingerprint density at radius 3 is 2.64 bits per heavy atom. The number of carbonyl (C=O) groups excluding carboxylic acids is 2. The molecule has 1 heterocycles. The highest BCUT2D eigenvalue weighted by Crippen LogP contribution is 2.20. The van der Waals surface area contributed by atoms with Crippen molar-refractivity contribution in [2.45, 2.75) is 51.1 Å².